The van der Waals surface area contributed by atoms with Crippen LogP contribution in [0.2, 0.25) is 0 Å². The number of carbonyl (C=O) groups excluding carboxylic acids is 2. The molecule has 1 atom stereocenters. The molecule has 156 valence electrons. The lowest BCUT2D eigenvalue weighted by Crippen LogP contribution is -2.32. The number of carboxylic acid groups (broad SMARTS) is 1. The second-order valence-corrected chi connectivity index (χ2v) is 7.69. The third-order valence-corrected chi connectivity index (χ3v) is 5.14. The van der Waals surface area contributed by atoms with E-state index in [1.165, 1.54) is 6.92 Å². The van der Waals surface area contributed by atoms with Crippen molar-refractivity contribution in [3.63, 3.8) is 0 Å². The van der Waals surface area contributed by atoms with E-state index in [9.17, 15) is 19.5 Å². The third kappa shape index (κ3) is 3.99. The predicted octanol–water partition coefficient (Wildman–Crippen LogP) is 4.26. The first-order valence-corrected chi connectivity index (χ1v) is 9.82. The number of carboxylic acids is 1. The molecule has 0 aliphatic rings. The van der Waals surface area contributed by atoms with Crippen LogP contribution in [0.15, 0.2) is 48.5 Å². The fourth-order valence-electron chi connectivity index (χ4n) is 3.62. The van der Waals surface area contributed by atoms with Gasteiger partial charge in [0.05, 0.1) is 16.5 Å². The Morgan fingerprint density at radius 1 is 1.03 bits per heavy atom. The number of aromatic nitrogens is 1. The molecule has 0 radical (unpaired) electrons. The fourth-order valence-corrected chi connectivity index (χ4v) is 3.62. The van der Waals surface area contributed by atoms with Crippen LogP contribution in [0.5, 0.6) is 5.75 Å². The molecular formula is C24H25NO5. The highest BCUT2D eigenvalue weighted by molar-refractivity contribution is 6.45. The summed E-state index contributed by atoms with van der Waals surface area (Å²) in [6.07, 6.45) is -1.08. The van der Waals surface area contributed by atoms with Gasteiger partial charge in [-0.1, -0.05) is 50.2 Å². The minimum atomic E-state index is -1.08. The van der Waals surface area contributed by atoms with Crippen molar-refractivity contribution in [2.24, 2.45) is 5.92 Å². The Bertz CT molecular complexity index is 1110. The first-order valence-electron chi connectivity index (χ1n) is 9.82. The number of nitrogens with zero attached hydrogens (tertiary/aromatic N) is 1. The average Bonchev–Trinajstić information content (AvgIpc) is 2.98. The van der Waals surface area contributed by atoms with Crippen LogP contribution in [0.3, 0.4) is 0 Å². The normalized spacial score (nSPS) is 12.2. The van der Waals surface area contributed by atoms with Gasteiger partial charge < -0.3 is 14.4 Å². The average molecular weight is 407 g/mol. The molecule has 3 rings (SSSR count). The summed E-state index contributed by atoms with van der Waals surface area (Å²) in [6.45, 7) is 7.04. The van der Waals surface area contributed by atoms with Crippen LogP contribution in [-0.2, 0) is 16.1 Å². The van der Waals surface area contributed by atoms with Gasteiger partial charge in [0.15, 0.2) is 11.9 Å². The minimum absolute atomic E-state index is 0.261. The maximum Gasteiger partial charge on any atom is 0.345 e. The second kappa shape index (κ2) is 8.53. The molecule has 0 aliphatic heterocycles. The van der Waals surface area contributed by atoms with E-state index in [1.54, 1.807) is 32.9 Å². The van der Waals surface area contributed by atoms with Gasteiger partial charge in [-0.2, -0.15) is 0 Å². The van der Waals surface area contributed by atoms with Crippen molar-refractivity contribution in [3.05, 3.63) is 65.4 Å². The molecule has 1 unspecified atom stereocenters. The molecule has 0 spiro atoms. The van der Waals surface area contributed by atoms with Crippen LogP contribution < -0.4 is 4.74 Å². The summed E-state index contributed by atoms with van der Waals surface area (Å²) < 4.78 is 7.82. The molecule has 0 bridgehead atoms. The van der Waals surface area contributed by atoms with Crippen molar-refractivity contribution in [3.8, 4) is 5.75 Å². The summed E-state index contributed by atoms with van der Waals surface area (Å²) in [4.78, 5) is 36.5. The van der Waals surface area contributed by atoms with Gasteiger partial charge in [-0.3, -0.25) is 9.59 Å². The third-order valence-electron chi connectivity index (χ3n) is 5.14. The molecular weight excluding hydrogens is 382 g/mol. The van der Waals surface area contributed by atoms with Gasteiger partial charge in [-0.25, -0.2) is 4.79 Å². The molecule has 1 heterocycles. The molecule has 1 aromatic heterocycles. The van der Waals surface area contributed by atoms with Crippen LogP contribution in [0.25, 0.3) is 10.9 Å². The Morgan fingerprint density at radius 2 is 1.70 bits per heavy atom. The summed E-state index contributed by atoms with van der Waals surface area (Å²) in [5.41, 5.74) is 2.65. The molecule has 0 amide bonds. The van der Waals surface area contributed by atoms with Gasteiger partial charge in [0.1, 0.15) is 5.75 Å². The number of rotatable bonds is 8. The van der Waals surface area contributed by atoms with Gasteiger partial charge >= 0.3 is 5.97 Å². The number of carbonyl (C=O) groups is 3. The zero-order valence-corrected chi connectivity index (χ0v) is 17.5. The first-order chi connectivity index (χ1) is 14.2. The number of hydrogen-bond acceptors (Lipinski definition) is 4. The maximum atomic E-state index is 12.8. The Labute approximate surface area is 175 Å². The number of hydrogen-bond donors (Lipinski definition) is 1. The van der Waals surface area contributed by atoms with E-state index < -0.39 is 23.6 Å². The van der Waals surface area contributed by atoms with Crippen LogP contribution in [0.1, 0.15) is 42.4 Å². The summed E-state index contributed by atoms with van der Waals surface area (Å²) >= 11 is 0. The zero-order valence-electron chi connectivity index (χ0n) is 17.5. The van der Waals surface area contributed by atoms with Crippen molar-refractivity contribution < 1.29 is 24.2 Å². The van der Waals surface area contributed by atoms with Crippen molar-refractivity contribution in [2.75, 3.05) is 0 Å². The lowest BCUT2D eigenvalue weighted by atomic mass is 10.0. The fraction of sp³-hybridized carbons (Fsp3) is 0.292. The van der Waals surface area contributed by atoms with Crippen molar-refractivity contribution >= 4 is 28.4 Å². The molecule has 0 saturated carbocycles. The Kier molecular flexibility index (Phi) is 6.06. The number of benzene rings is 2. The van der Waals surface area contributed by atoms with Gasteiger partial charge in [0.25, 0.3) is 0 Å². The molecule has 3 aromatic rings. The summed E-state index contributed by atoms with van der Waals surface area (Å²) in [6, 6.07) is 15.0. The topological polar surface area (TPSA) is 85.6 Å². The molecule has 6 heteroatoms. The quantitative estimate of drug-likeness (QED) is 0.445. The number of ketones is 2. The number of Topliss-reactive ketones (excluding diaryl/α,β-unsaturated/α-hetero) is 2. The molecule has 0 saturated heterocycles. The van der Waals surface area contributed by atoms with Crippen molar-refractivity contribution in [2.45, 2.75) is 40.3 Å². The molecule has 2 aromatic carbocycles. The van der Waals surface area contributed by atoms with E-state index in [-0.39, 0.29) is 17.2 Å². The van der Waals surface area contributed by atoms with Gasteiger partial charge in [0, 0.05) is 25.1 Å². The van der Waals surface area contributed by atoms with Crippen LogP contribution in [-0.4, -0.2) is 33.3 Å². The smallest absolute Gasteiger partial charge is 0.345 e. The Balaban J connectivity index is 2.24. The molecule has 30 heavy (non-hydrogen) atoms. The molecule has 0 aliphatic carbocycles. The lowest BCUT2D eigenvalue weighted by Gasteiger charge is -2.19. The SMILES string of the molecule is CC(=O)C(=O)c1c(C)n(Cc2ccccc2)c2cccc(OC(C(=O)O)C(C)C)c12. The second-order valence-electron chi connectivity index (χ2n) is 7.69. The van der Waals surface area contributed by atoms with Crippen LogP contribution >= 0.6 is 0 Å². The van der Waals surface area contributed by atoms with Crippen LogP contribution in [0, 0.1) is 12.8 Å². The molecule has 1 N–H and O–H groups in total. The van der Waals surface area contributed by atoms with Crippen molar-refractivity contribution in [1.82, 2.24) is 4.57 Å². The van der Waals surface area contributed by atoms with Gasteiger partial charge in [-0.05, 0) is 24.6 Å². The van der Waals surface area contributed by atoms with E-state index in [0.717, 1.165) is 5.56 Å². The highest BCUT2D eigenvalue weighted by atomic mass is 16.5. The van der Waals surface area contributed by atoms with E-state index in [1.807, 2.05) is 41.0 Å². The number of ether oxygens (including phenoxy) is 1. The van der Waals surface area contributed by atoms with Crippen molar-refractivity contribution in [1.29, 1.82) is 0 Å². The minimum Gasteiger partial charge on any atom is -0.478 e. The molecule has 0 fully saturated rings. The first kappa shape index (κ1) is 21.3. The number of aliphatic carboxylic acids is 1. The van der Waals surface area contributed by atoms with E-state index in [4.69, 9.17) is 4.74 Å². The van der Waals surface area contributed by atoms with E-state index >= 15 is 0 Å². The van der Waals surface area contributed by atoms with Crippen LogP contribution in [0.4, 0.5) is 0 Å². The predicted molar refractivity (Wildman–Crippen MR) is 114 cm³/mol. The Hall–Kier alpha value is -3.41. The highest BCUT2D eigenvalue weighted by Gasteiger charge is 2.29. The standard InChI is InChI=1S/C24H25NO5/c1-14(2)23(24(28)29)30-19-12-8-11-18-21(19)20(22(27)16(4)26)15(3)25(18)13-17-9-6-5-7-10-17/h5-12,14,23H,13H2,1-4H3,(H,28,29). The lowest BCUT2D eigenvalue weighted by molar-refractivity contribution is -0.147. The summed E-state index contributed by atoms with van der Waals surface area (Å²) in [7, 11) is 0. The molecule has 6 nitrogen and oxygen atoms in total. The Morgan fingerprint density at radius 3 is 2.27 bits per heavy atom. The summed E-state index contributed by atoms with van der Waals surface area (Å²) in [5.74, 6) is -2.27. The highest BCUT2D eigenvalue weighted by Crippen LogP contribution is 2.35. The van der Waals surface area contributed by atoms with E-state index in [0.29, 0.717) is 23.1 Å². The number of fused-ring (bicyclic) bond motifs is 1. The summed E-state index contributed by atoms with van der Waals surface area (Å²) in [5, 5.41) is 10.0. The zero-order chi connectivity index (χ0) is 22.0. The maximum absolute atomic E-state index is 12.8. The van der Waals surface area contributed by atoms with Gasteiger partial charge in [0.2, 0.25) is 5.78 Å². The largest absolute Gasteiger partial charge is 0.478 e. The van der Waals surface area contributed by atoms with E-state index in [2.05, 4.69) is 0 Å². The van der Waals surface area contributed by atoms with Gasteiger partial charge in [-0.15, -0.1) is 0 Å². The monoisotopic (exact) mass is 407 g/mol.